The van der Waals surface area contributed by atoms with Crippen molar-refractivity contribution in [3.8, 4) is 0 Å². The molecule has 0 spiro atoms. The minimum Gasteiger partial charge on any atom is -0.355 e. The zero-order chi connectivity index (χ0) is 19.3. The van der Waals surface area contributed by atoms with Gasteiger partial charge in [-0.05, 0) is 17.7 Å². The molecule has 8 heteroatoms. The van der Waals surface area contributed by atoms with Crippen molar-refractivity contribution in [2.45, 2.75) is 19.3 Å². The molecule has 0 radical (unpaired) electrons. The smallest absolute Gasteiger partial charge is 0.225 e. The third kappa shape index (κ3) is 5.47. The summed E-state index contributed by atoms with van der Waals surface area (Å²) >= 11 is 6.40. The van der Waals surface area contributed by atoms with Crippen molar-refractivity contribution in [3.63, 3.8) is 0 Å². The molecule has 3 rings (SSSR count). The number of hydrogen-bond acceptors (Lipinski definition) is 4. The Bertz CT molecular complexity index is 775. The zero-order valence-electron chi connectivity index (χ0n) is 16.6. The van der Waals surface area contributed by atoms with Crippen LogP contribution in [0.2, 0.25) is 5.02 Å². The Morgan fingerprint density at radius 3 is 2.36 bits per heavy atom. The number of aliphatic imine (C=N–C) groups is 1. The molecule has 2 heterocycles. The molecule has 0 aliphatic carbocycles. The first-order valence-corrected chi connectivity index (χ1v) is 9.61. The Morgan fingerprint density at radius 1 is 1.11 bits per heavy atom. The Kier molecular flexibility index (Phi) is 8.30. The van der Waals surface area contributed by atoms with Gasteiger partial charge in [0.15, 0.2) is 5.96 Å². The van der Waals surface area contributed by atoms with Crippen LogP contribution in [0.3, 0.4) is 0 Å². The molecule has 0 amide bonds. The molecule has 1 aliphatic heterocycles. The molecule has 152 valence electrons. The lowest BCUT2D eigenvalue weighted by molar-refractivity contribution is 0.364. The summed E-state index contributed by atoms with van der Waals surface area (Å²) in [5.74, 6) is 1.71. The van der Waals surface area contributed by atoms with Gasteiger partial charge in [0.05, 0.1) is 0 Å². The molecular formula is C20H28ClIN6. The molecule has 1 fully saturated rings. The SMILES string of the molecule is CN=C(NCC(C)(C)c1ccccc1Cl)N1CCN(c2ncccn2)CC1.I. The number of rotatable bonds is 4. The molecule has 2 aromatic rings. The highest BCUT2D eigenvalue weighted by atomic mass is 127. The molecule has 1 aliphatic rings. The summed E-state index contributed by atoms with van der Waals surface area (Å²) in [6.07, 6.45) is 3.57. The van der Waals surface area contributed by atoms with Gasteiger partial charge in [-0.3, -0.25) is 4.99 Å². The van der Waals surface area contributed by atoms with Crippen LogP contribution in [0, 0.1) is 0 Å². The van der Waals surface area contributed by atoms with Gasteiger partial charge in [-0.1, -0.05) is 43.6 Å². The van der Waals surface area contributed by atoms with Crippen molar-refractivity contribution in [1.82, 2.24) is 20.2 Å². The number of nitrogens with zero attached hydrogens (tertiary/aromatic N) is 5. The van der Waals surface area contributed by atoms with Crippen LogP contribution in [-0.4, -0.2) is 60.6 Å². The Hall–Kier alpha value is -1.61. The van der Waals surface area contributed by atoms with Crippen LogP contribution in [0.5, 0.6) is 0 Å². The van der Waals surface area contributed by atoms with Gasteiger partial charge in [0.1, 0.15) is 0 Å². The molecular weight excluding hydrogens is 487 g/mol. The monoisotopic (exact) mass is 514 g/mol. The number of halogens is 2. The lowest BCUT2D eigenvalue weighted by atomic mass is 9.84. The number of benzene rings is 1. The van der Waals surface area contributed by atoms with Crippen molar-refractivity contribution in [2.75, 3.05) is 44.7 Å². The van der Waals surface area contributed by atoms with E-state index < -0.39 is 0 Å². The van der Waals surface area contributed by atoms with E-state index in [0.717, 1.165) is 55.2 Å². The van der Waals surface area contributed by atoms with Gasteiger partial charge in [-0.15, -0.1) is 24.0 Å². The van der Waals surface area contributed by atoms with E-state index in [9.17, 15) is 0 Å². The van der Waals surface area contributed by atoms with Crippen LogP contribution >= 0.6 is 35.6 Å². The fourth-order valence-electron chi connectivity index (χ4n) is 3.31. The van der Waals surface area contributed by atoms with Crippen LogP contribution in [0.4, 0.5) is 5.95 Å². The van der Waals surface area contributed by atoms with Gasteiger partial charge in [0, 0.05) is 62.6 Å². The molecule has 6 nitrogen and oxygen atoms in total. The standard InChI is InChI=1S/C20H27ClN6.HI/c1-20(2,16-7-4-5-8-17(16)21)15-25-18(22-3)26-11-13-27(14-12-26)19-23-9-6-10-24-19;/h4-10H,11-15H2,1-3H3,(H,22,25);1H. The molecule has 0 atom stereocenters. The summed E-state index contributed by atoms with van der Waals surface area (Å²) in [6.45, 7) is 8.65. The average Bonchev–Trinajstić information content (AvgIpc) is 2.70. The second-order valence-corrected chi connectivity index (χ2v) is 7.69. The number of nitrogens with one attached hydrogen (secondary N) is 1. The average molecular weight is 515 g/mol. The molecule has 1 saturated heterocycles. The summed E-state index contributed by atoms with van der Waals surface area (Å²) in [7, 11) is 1.83. The molecule has 0 saturated carbocycles. The first kappa shape index (κ1) is 22.7. The zero-order valence-corrected chi connectivity index (χ0v) is 19.7. The number of anilines is 1. The summed E-state index contributed by atoms with van der Waals surface area (Å²) in [4.78, 5) is 17.6. The van der Waals surface area contributed by atoms with E-state index in [-0.39, 0.29) is 29.4 Å². The van der Waals surface area contributed by atoms with Gasteiger partial charge in [0.2, 0.25) is 5.95 Å². The molecule has 1 N–H and O–H groups in total. The number of guanidine groups is 1. The van der Waals surface area contributed by atoms with E-state index >= 15 is 0 Å². The van der Waals surface area contributed by atoms with Crippen LogP contribution in [0.25, 0.3) is 0 Å². The number of hydrogen-bond donors (Lipinski definition) is 1. The maximum Gasteiger partial charge on any atom is 0.225 e. The van der Waals surface area contributed by atoms with E-state index in [2.05, 4.69) is 50.0 Å². The van der Waals surface area contributed by atoms with Gasteiger partial charge in [0.25, 0.3) is 0 Å². The fraction of sp³-hybridized carbons (Fsp3) is 0.450. The predicted molar refractivity (Wildman–Crippen MR) is 127 cm³/mol. The molecule has 1 aromatic carbocycles. The normalized spacial score (nSPS) is 15.2. The highest BCUT2D eigenvalue weighted by Crippen LogP contribution is 2.29. The van der Waals surface area contributed by atoms with Crippen molar-refractivity contribution in [1.29, 1.82) is 0 Å². The van der Waals surface area contributed by atoms with E-state index in [0.29, 0.717) is 0 Å². The highest BCUT2D eigenvalue weighted by Gasteiger charge is 2.26. The largest absolute Gasteiger partial charge is 0.355 e. The maximum atomic E-state index is 6.40. The predicted octanol–water partition coefficient (Wildman–Crippen LogP) is 3.42. The minimum absolute atomic E-state index is 0. The van der Waals surface area contributed by atoms with Crippen molar-refractivity contribution in [2.24, 2.45) is 4.99 Å². The van der Waals surface area contributed by atoms with Crippen LogP contribution in [0.15, 0.2) is 47.7 Å². The summed E-state index contributed by atoms with van der Waals surface area (Å²) < 4.78 is 0. The van der Waals surface area contributed by atoms with Gasteiger partial charge >= 0.3 is 0 Å². The molecule has 1 aromatic heterocycles. The van der Waals surface area contributed by atoms with E-state index in [1.807, 2.05) is 31.3 Å². The number of aromatic nitrogens is 2. The van der Waals surface area contributed by atoms with Gasteiger partial charge in [-0.2, -0.15) is 0 Å². The Balaban J connectivity index is 0.00000280. The third-order valence-electron chi connectivity index (χ3n) is 4.92. The van der Waals surface area contributed by atoms with Crippen LogP contribution < -0.4 is 10.2 Å². The first-order valence-electron chi connectivity index (χ1n) is 9.24. The van der Waals surface area contributed by atoms with Crippen molar-refractivity contribution < 1.29 is 0 Å². The lowest BCUT2D eigenvalue weighted by Crippen LogP contribution is -2.54. The topological polar surface area (TPSA) is 56.7 Å². The summed E-state index contributed by atoms with van der Waals surface area (Å²) in [6, 6.07) is 9.86. The van der Waals surface area contributed by atoms with E-state index in [4.69, 9.17) is 11.6 Å². The maximum absolute atomic E-state index is 6.40. The number of piperazine rings is 1. The van der Waals surface area contributed by atoms with Gasteiger partial charge in [-0.25, -0.2) is 9.97 Å². The first-order chi connectivity index (χ1) is 13.0. The van der Waals surface area contributed by atoms with Crippen LogP contribution in [0.1, 0.15) is 19.4 Å². The van der Waals surface area contributed by atoms with E-state index in [1.165, 1.54) is 0 Å². The molecule has 0 bridgehead atoms. The quantitative estimate of drug-likeness (QED) is 0.385. The summed E-state index contributed by atoms with van der Waals surface area (Å²) in [5, 5.41) is 4.33. The van der Waals surface area contributed by atoms with E-state index in [1.54, 1.807) is 12.4 Å². The van der Waals surface area contributed by atoms with Crippen molar-refractivity contribution in [3.05, 3.63) is 53.3 Å². The van der Waals surface area contributed by atoms with Crippen LogP contribution in [-0.2, 0) is 5.41 Å². The fourth-order valence-corrected chi connectivity index (χ4v) is 3.70. The lowest BCUT2D eigenvalue weighted by Gasteiger charge is -2.37. The third-order valence-corrected chi connectivity index (χ3v) is 5.25. The van der Waals surface area contributed by atoms with Gasteiger partial charge < -0.3 is 15.1 Å². The minimum atomic E-state index is -0.103. The Morgan fingerprint density at radius 2 is 1.75 bits per heavy atom. The molecule has 28 heavy (non-hydrogen) atoms. The second kappa shape index (κ2) is 10.2. The molecule has 0 unspecified atom stereocenters. The Labute approximate surface area is 189 Å². The summed E-state index contributed by atoms with van der Waals surface area (Å²) in [5.41, 5.74) is 1.04. The highest BCUT2D eigenvalue weighted by molar-refractivity contribution is 14.0. The second-order valence-electron chi connectivity index (χ2n) is 7.29. The van der Waals surface area contributed by atoms with Crippen molar-refractivity contribution >= 4 is 47.5 Å².